The van der Waals surface area contributed by atoms with E-state index in [1.165, 1.54) is 0 Å². The molecule has 0 heterocycles. The van der Waals surface area contributed by atoms with Crippen molar-refractivity contribution in [3.05, 3.63) is 33.9 Å². The summed E-state index contributed by atoms with van der Waals surface area (Å²) in [6.45, 7) is 0. The van der Waals surface area contributed by atoms with Gasteiger partial charge in [-0.05, 0) is 12.0 Å². The molecule has 17 heavy (non-hydrogen) atoms. The minimum absolute atomic E-state index is 0.0916. The number of carbonyl (C=O) groups is 2. The summed E-state index contributed by atoms with van der Waals surface area (Å²) < 4.78 is 0. The summed E-state index contributed by atoms with van der Waals surface area (Å²) in [6.07, 6.45) is 4.81. The van der Waals surface area contributed by atoms with E-state index >= 15 is 0 Å². The summed E-state index contributed by atoms with van der Waals surface area (Å²) in [4.78, 5) is 31.5. The number of carbonyl (C=O) groups excluding carboxylic acids is 1. The number of anilines is 1. The monoisotopic (exact) mass is 234 g/mol. The highest BCUT2D eigenvalue weighted by Gasteiger charge is 2.16. The topological polar surface area (TPSA) is 110 Å². The van der Waals surface area contributed by atoms with Crippen molar-refractivity contribution in [2.45, 2.75) is 0 Å². The number of amides is 1. The molecule has 0 aliphatic heterocycles. The number of nitrogens with zero attached hydrogens (tertiary/aromatic N) is 1. The van der Waals surface area contributed by atoms with Crippen LogP contribution in [0.2, 0.25) is 0 Å². The predicted octanol–water partition coefficient (Wildman–Crippen LogP) is 0.865. The zero-order valence-corrected chi connectivity index (χ0v) is 8.34. The van der Waals surface area contributed by atoms with E-state index in [1.807, 2.05) is 0 Å². The molecule has 0 saturated carbocycles. The number of nitro groups is 1. The minimum atomic E-state index is -1.40. The molecule has 86 valence electrons. The number of rotatable bonds is 3. The number of carboxylic acids is 1. The quantitative estimate of drug-likeness (QED) is 0.458. The number of aromatic carboxylic acids is 1. The van der Waals surface area contributed by atoms with E-state index in [1.54, 1.807) is 5.92 Å². The van der Waals surface area contributed by atoms with Gasteiger partial charge in [0.05, 0.1) is 16.2 Å². The fourth-order valence-corrected chi connectivity index (χ4v) is 1.09. The third-order valence-corrected chi connectivity index (χ3v) is 1.82. The molecule has 1 aromatic rings. The van der Waals surface area contributed by atoms with E-state index in [2.05, 4.69) is 5.32 Å². The number of benzene rings is 1. The maximum Gasteiger partial charge on any atom is 0.338 e. The van der Waals surface area contributed by atoms with Crippen LogP contribution in [0.3, 0.4) is 0 Å². The molecule has 0 bridgehead atoms. The maximum atomic E-state index is 10.9. The zero-order chi connectivity index (χ0) is 13.0. The van der Waals surface area contributed by atoms with E-state index in [-0.39, 0.29) is 11.4 Å². The number of carboxylic acid groups (broad SMARTS) is 1. The minimum Gasteiger partial charge on any atom is -0.478 e. The van der Waals surface area contributed by atoms with Crippen LogP contribution in [0.15, 0.2) is 18.2 Å². The molecule has 2 N–H and O–H groups in total. The van der Waals surface area contributed by atoms with Gasteiger partial charge >= 0.3 is 5.97 Å². The van der Waals surface area contributed by atoms with Gasteiger partial charge in [-0.1, -0.05) is 0 Å². The van der Waals surface area contributed by atoms with E-state index in [9.17, 15) is 19.7 Å². The van der Waals surface area contributed by atoms with Crippen molar-refractivity contribution in [1.29, 1.82) is 0 Å². The summed E-state index contributed by atoms with van der Waals surface area (Å²) in [5, 5.41) is 21.4. The van der Waals surface area contributed by atoms with Crippen molar-refractivity contribution in [2.24, 2.45) is 0 Å². The van der Waals surface area contributed by atoms with Crippen LogP contribution >= 0.6 is 0 Å². The molecule has 0 radical (unpaired) electrons. The van der Waals surface area contributed by atoms with Gasteiger partial charge in [-0.2, -0.15) is 0 Å². The third kappa shape index (κ3) is 2.79. The van der Waals surface area contributed by atoms with Gasteiger partial charge in [0.2, 0.25) is 0 Å². The van der Waals surface area contributed by atoms with E-state index < -0.39 is 22.4 Å². The first-order valence-corrected chi connectivity index (χ1v) is 4.25. The molecule has 0 atom stereocenters. The van der Waals surface area contributed by atoms with Gasteiger partial charge in [-0.15, -0.1) is 6.42 Å². The second-order valence-corrected chi connectivity index (χ2v) is 2.89. The fourth-order valence-electron chi connectivity index (χ4n) is 1.09. The highest BCUT2D eigenvalue weighted by atomic mass is 16.6. The van der Waals surface area contributed by atoms with Crippen LogP contribution in [0.25, 0.3) is 0 Å². The highest BCUT2D eigenvalue weighted by molar-refractivity contribution is 6.07. The summed E-state index contributed by atoms with van der Waals surface area (Å²) >= 11 is 0. The first-order chi connectivity index (χ1) is 7.95. The van der Waals surface area contributed by atoms with Crippen molar-refractivity contribution in [1.82, 2.24) is 0 Å². The average molecular weight is 234 g/mol. The van der Waals surface area contributed by atoms with Crippen LogP contribution in [-0.4, -0.2) is 21.9 Å². The lowest BCUT2D eigenvalue weighted by Gasteiger charge is -2.05. The number of terminal acetylenes is 1. The Labute approximate surface area is 95.2 Å². The van der Waals surface area contributed by atoms with E-state index in [4.69, 9.17) is 11.5 Å². The smallest absolute Gasteiger partial charge is 0.338 e. The largest absolute Gasteiger partial charge is 0.478 e. The number of non-ortho nitro benzene ring substituents is 1. The van der Waals surface area contributed by atoms with Crippen molar-refractivity contribution >= 4 is 23.3 Å². The van der Waals surface area contributed by atoms with Crippen molar-refractivity contribution < 1.29 is 19.6 Å². The molecule has 1 aromatic carbocycles. The first-order valence-electron chi connectivity index (χ1n) is 4.25. The lowest BCUT2D eigenvalue weighted by molar-refractivity contribution is -0.384. The van der Waals surface area contributed by atoms with Gasteiger partial charge in [0.1, 0.15) is 0 Å². The number of nitro benzene ring substituents is 1. The Hall–Kier alpha value is -2.88. The molecule has 0 aliphatic carbocycles. The Morgan fingerprint density at radius 3 is 2.59 bits per heavy atom. The van der Waals surface area contributed by atoms with Crippen LogP contribution in [-0.2, 0) is 4.79 Å². The van der Waals surface area contributed by atoms with Gasteiger partial charge in [-0.3, -0.25) is 14.9 Å². The van der Waals surface area contributed by atoms with Gasteiger partial charge < -0.3 is 10.4 Å². The molecule has 0 fully saturated rings. The first kappa shape index (κ1) is 12.2. The molecule has 0 saturated heterocycles. The lowest BCUT2D eigenvalue weighted by atomic mass is 10.1. The lowest BCUT2D eigenvalue weighted by Crippen LogP contribution is -2.12. The molecule has 7 heteroatoms. The Morgan fingerprint density at radius 2 is 2.12 bits per heavy atom. The molecule has 0 aliphatic rings. The normalized spacial score (nSPS) is 9.12. The second kappa shape index (κ2) is 4.76. The van der Waals surface area contributed by atoms with Crippen LogP contribution in [0.5, 0.6) is 0 Å². The summed E-state index contributed by atoms with van der Waals surface area (Å²) in [6, 6.07) is 3.02. The second-order valence-electron chi connectivity index (χ2n) is 2.89. The SMILES string of the molecule is C#CC(=O)Nc1ccc([N+](=O)[O-])cc1C(=O)O. The van der Waals surface area contributed by atoms with Crippen molar-refractivity contribution in [3.63, 3.8) is 0 Å². The summed E-state index contributed by atoms with van der Waals surface area (Å²) in [7, 11) is 0. The van der Waals surface area contributed by atoms with Gasteiger partial charge in [0.15, 0.2) is 0 Å². The van der Waals surface area contributed by atoms with Gasteiger partial charge in [-0.25, -0.2) is 4.79 Å². The summed E-state index contributed by atoms with van der Waals surface area (Å²) in [5.41, 5.74) is -0.880. The van der Waals surface area contributed by atoms with Crippen LogP contribution in [0.4, 0.5) is 11.4 Å². The average Bonchev–Trinajstić information content (AvgIpc) is 2.28. The highest BCUT2D eigenvalue weighted by Crippen LogP contribution is 2.22. The van der Waals surface area contributed by atoms with E-state index in [0.29, 0.717) is 0 Å². The Morgan fingerprint density at radius 1 is 1.47 bits per heavy atom. The van der Waals surface area contributed by atoms with E-state index in [0.717, 1.165) is 18.2 Å². The van der Waals surface area contributed by atoms with Gasteiger partial charge in [0.25, 0.3) is 11.6 Å². The molecular formula is C10H6N2O5. The third-order valence-electron chi connectivity index (χ3n) is 1.82. The Bertz CT molecular complexity index is 544. The van der Waals surface area contributed by atoms with Crippen LogP contribution < -0.4 is 5.32 Å². The molecule has 0 aromatic heterocycles. The molecule has 0 unspecified atom stereocenters. The van der Waals surface area contributed by atoms with Crippen LogP contribution in [0.1, 0.15) is 10.4 Å². The van der Waals surface area contributed by atoms with Crippen molar-refractivity contribution in [3.8, 4) is 12.3 Å². The fraction of sp³-hybridized carbons (Fsp3) is 0. The zero-order valence-electron chi connectivity index (χ0n) is 8.34. The standard InChI is InChI=1S/C10H6N2O5/c1-2-9(13)11-8-4-3-6(12(16)17)5-7(8)10(14)15/h1,3-5H,(H,11,13)(H,14,15). The summed E-state index contributed by atoms with van der Waals surface area (Å²) in [5.74, 6) is -0.494. The molecule has 1 amide bonds. The Balaban J connectivity index is 3.23. The molecule has 1 rings (SSSR count). The maximum absolute atomic E-state index is 10.9. The Kier molecular flexibility index (Phi) is 3.41. The predicted molar refractivity (Wildman–Crippen MR) is 57.5 cm³/mol. The van der Waals surface area contributed by atoms with Crippen molar-refractivity contribution in [2.75, 3.05) is 5.32 Å². The molecule has 0 spiro atoms. The van der Waals surface area contributed by atoms with Gasteiger partial charge in [0, 0.05) is 12.1 Å². The molecular weight excluding hydrogens is 228 g/mol. The number of nitrogens with one attached hydrogen (secondary N) is 1. The van der Waals surface area contributed by atoms with Crippen LogP contribution in [0, 0.1) is 22.5 Å². The number of hydrogen-bond donors (Lipinski definition) is 2. The molecule has 7 nitrogen and oxygen atoms in total. The number of hydrogen-bond acceptors (Lipinski definition) is 4.